The van der Waals surface area contributed by atoms with E-state index in [2.05, 4.69) is 5.32 Å². The highest BCUT2D eigenvalue weighted by atomic mass is 16.5. The van der Waals surface area contributed by atoms with Gasteiger partial charge in [0.05, 0.1) is 6.42 Å². The zero-order chi connectivity index (χ0) is 18.4. The molecule has 0 unspecified atom stereocenters. The van der Waals surface area contributed by atoms with Crippen LogP contribution in [0.5, 0.6) is 0 Å². The molecule has 1 amide bonds. The number of aryl methyl sites for hydroxylation is 3. The van der Waals surface area contributed by atoms with Gasteiger partial charge in [0.15, 0.2) is 6.10 Å². The van der Waals surface area contributed by atoms with E-state index in [0.29, 0.717) is 6.54 Å². The normalized spacial score (nSPS) is 11.7. The van der Waals surface area contributed by atoms with Crippen LogP contribution in [0.25, 0.3) is 0 Å². The zero-order valence-electron chi connectivity index (χ0n) is 15.3. The highest BCUT2D eigenvalue weighted by Crippen LogP contribution is 2.11. The maximum atomic E-state index is 12.1. The van der Waals surface area contributed by atoms with Crippen LogP contribution in [-0.2, 0) is 27.3 Å². The maximum Gasteiger partial charge on any atom is 0.311 e. The molecule has 0 heterocycles. The van der Waals surface area contributed by atoms with E-state index >= 15 is 0 Å². The lowest BCUT2D eigenvalue weighted by molar-refractivity contribution is -0.154. The van der Waals surface area contributed by atoms with Crippen LogP contribution in [0.4, 0.5) is 0 Å². The molecular formula is C21H25NO3. The minimum Gasteiger partial charge on any atom is -0.452 e. The Morgan fingerprint density at radius 2 is 1.60 bits per heavy atom. The quantitative estimate of drug-likeness (QED) is 0.821. The number of nitrogens with one attached hydrogen (secondary N) is 1. The van der Waals surface area contributed by atoms with Gasteiger partial charge in [-0.3, -0.25) is 9.59 Å². The molecule has 0 fully saturated rings. The fraction of sp³-hybridized carbons (Fsp3) is 0.333. The number of hydrogen-bond acceptors (Lipinski definition) is 3. The average molecular weight is 339 g/mol. The van der Waals surface area contributed by atoms with Crippen LogP contribution >= 0.6 is 0 Å². The summed E-state index contributed by atoms with van der Waals surface area (Å²) in [6.45, 7) is 8.05. The first-order valence-electron chi connectivity index (χ1n) is 8.44. The molecule has 0 aliphatic heterocycles. The first-order valence-corrected chi connectivity index (χ1v) is 8.44. The number of hydrogen-bond donors (Lipinski definition) is 1. The molecule has 1 N–H and O–H groups in total. The molecule has 0 aliphatic carbocycles. The SMILES string of the molecule is Cc1ccc(CNC(=O)[C@H](C)OC(=O)Cc2ccc(C)c(C)c2)cc1. The van der Waals surface area contributed by atoms with Gasteiger partial charge in [0.1, 0.15) is 0 Å². The lowest BCUT2D eigenvalue weighted by Crippen LogP contribution is -2.35. The monoisotopic (exact) mass is 339 g/mol. The van der Waals surface area contributed by atoms with Crippen LogP contribution in [0.3, 0.4) is 0 Å². The van der Waals surface area contributed by atoms with E-state index in [-0.39, 0.29) is 12.3 Å². The number of amides is 1. The van der Waals surface area contributed by atoms with Crippen molar-refractivity contribution in [1.82, 2.24) is 5.32 Å². The summed E-state index contributed by atoms with van der Waals surface area (Å²) in [6.07, 6.45) is -0.652. The number of benzene rings is 2. The molecule has 4 heteroatoms. The van der Waals surface area contributed by atoms with Crippen molar-refractivity contribution in [3.8, 4) is 0 Å². The maximum absolute atomic E-state index is 12.1. The Morgan fingerprint density at radius 1 is 0.960 bits per heavy atom. The molecule has 2 aromatic carbocycles. The largest absolute Gasteiger partial charge is 0.452 e. The van der Waals surface area contributed by atoms with Crippen LogP contribution in [0, 0.1) is 20.8 Å². The number of esters is 1. The van der Waals surface area contributed by atoms with Gasteiger partial charge in [-0.15, -0.1) is 0 Å². The summed E-state index contributed by atoms with van der Waals surface area (Å²) >= 11 is 0. The molecule has 0 bridgehead atoms. The second-order valence-corrected chi connectivity index (χ2v) is 6.43. The van der Waals surface area contributed by atoms with Gasteiger partial charge in [-0.2, -0.15) is 0 Å². The van der Waals surface area contributed by atoms with Gasteiger partial charge < -0.3 is 10.1 Å². The van der Waals surface area contributed by atoms with E-state index in [9.17, 15) is 9.59 Å². The number of carbonyl (C=O) groups is 2. The minimum absolute atomic E-state index is 0.163. The first kappa shape index (κ1) is 18.7. The Kier molecular flexibility index (Phi) is 6.34. The number of ether oxygens (including phenoxy) is 1. The molecule has 0 aliphatic rings. The van der Waals surface area contributed by atoms with Crippen molar-refractivity contribution in [3.05, 3.63) is 70.3 Å². The summed E-state index contributed by atoms with van der Waals surface area (Å²) in [6, 6.07) is 13.8. The van der Waals surface area contributed by atoms with E-state index in [4.69, 9.17) is 4.74 Å². The van der Waals surface area contributed by atoms with Crippen LogP contribution in [0.2, 0.25) is 0 Å². The molecule has 2 rings (SSSR count). The van der Waals surface area contributed by atoms with E-state index in [1.54, 1.807) is 6.92 Å². The molecule has 0 saturated heterocycles. The summed E-state index contributed by atoms with van der Waals surface area (Å²) in [5.74, 6) is -0.699. The highest BCUT2D eigenvalue weighted by Gasteiger charge is 2.17. The molecule has 0 radical (unpaired) electrons. The van der Waals surface area contributed by atoms with E-state index < -0.39 is 12.1 Å². The van der Waals surface area contributed by atoms with Crippen molar-refractivity contribution in [1.29, 1.82) is 0 Å². The van der Waals surface area contributed by atoms with Gasteiger partial charge in [0, 0.05) is 6.54 Å². The molecule has 2 aromatic rings. The third-order valence-corrected chi connectivity index (χ3v) is 4.18. The molecule has 0 aromatic heterocycles. The second kappa shape index (κ2) is 8.47. The molecule has 4 nitrogen and oxygen atoms in total. The first-order chi connectivity index (χ1) is 11.8. The predicted octanol–water partition coefficient (Wildman–Crippen LogP) is 3.40. The molecular weight excluding hydrogens is 314 g/mol. The molecule has 25 heavy (non-hydrogen) atoms. The number of carbonyl (C=O) groups excluding carboxylic acids is 2. The van der Waals surface area contributed by atoms with Crippen molar-refractivity contribution in [2.24, 2.45) is 0 Å². The van der Waals surface area contributed by atoms with Gasteiger partial charge >= 0.3 is 5.97 Å². The lowest BCUT2D eigenvalue weighted by Gasteiger charge is -2.14. The average Bonchev–Trinajstić information content (AvgIpc) is 2.57. The van der Waals surface area contributed by atoms with Crippen LogP contribution in [0.15, 0.2) is 42.5 Å². The Morgan fingerprint density at radius 3 is 2.24 bits per heavy atom. The van der Waals surface area contributed by atoms with E-state index in [0.717, 1.165) is 16.7 Å². The highest BCUT2D eigenvalue weighted by molar-refractivity contribution is 5.83. The third-order valence-electron chi connectivity index (χ3n) is 4.18. The second-order valence-electron chi connectivity index (χ2n) is 6.43. The number of rotatable bonds is 6. The van der Waals surface area contributed by atoms with Gasteiger partial charge in [-0.05, 0) is 49.9 Å². The zero-order valence-corrected chi connectivity index (χ0v) is 15.3. The Bertz CT molecular complexity index is 750. The Balaban J connectivity index is 1.82. The van der Waals surface area contributed by atoms with E-state index in [1.165, 1.54) is 11.1 Å². The summed E-state index contributed by atoms with van der Waals surface area (Å²) < 4.78 is 5.24. The lowest BCUT2D eigenvalue weighted by atomic mass is 10.0. The van der Waals surface area contributed by atoms with Gasteiger partial charge in [0.25, 0.3) is 5.91 Å². The molecule has 132 valence electrons. The fourth-order valence-electron chi connectivity index (χ4n) is 2.41. The van der Waals surface area contributed by atoms with Gasteiger partial charge in [0.2, 0.25) is 0 Å². The van der Waals surface area contributed by atoms with Crippen molar-refractivity contribution in [2.45, 2.75) is 46.8 Å². The van der Waals surface area contributed by atoms with Crippen LogP contribution in [0.1, 0.15) is 34.7 Å². The standard InChI is InChI=1S/C21H25NO3/c1-14-5-8-18(9-6-14)13-22-21(24)17(4)25-20(23)12-19-10-7-15(2)16(3)11-19/h5-11,17H,12-13H2,1-4H3,(H,22,24)/t17-/m0/s1. The van der Waals surface area contributed by atoms with Crippen molar-refractivity contribution in [2.75, 3.05) is 0 Å². The van der Waals surface area contributed by atoms with E-state index in [1.807, 2.05) is 63.2 Å². The van der Waals surface area contributed by atoms with Crippen LogP contribution in [-0.4, -0.2) is 18.0 Å². The van der Waals surface area contributed by atoms with Gasteiger partial charge in [-0.25, -0.2) is 0 Å². The summed E-state index contributed by atoms with van der Waals surface area (Å²) in [7, 11) is 0. The van der Waals surface area contributed by atoms with Crippen molar-refractivity contribution < 1.29 is 14.3 Å². The fourth-order valence-corrected chi connectivity index (χ4v) is 2.41. The summed E-state index contributed by atoms with van der Waals surface area (Å²) in [4.78, 5) is 24.1. The predicted molar refractivity (Wildman–Crippen MR) is 98.2 cm³/mol. The third kappa shape index (κ3) is 5.75. The minimum atomic E-state index is -0.815. The van der Waals surface area contributed by atoms with Gasteiger partial charge in [-0.1, -0.05) is 48.0 Å². The van der Waals surface area contributed by atoms with Crippen molar-refractivity contribution >= 4 is 11.9 Å². The summed E-state index contributed by atoms with van der Waals surface area (Å²) in [5.41, 5.74) is 5.38. The molecule has 0 saturated carbocycles. The summed E-state index contributed by atoms with van der Waals surface area (Å²) in [5, 5.41) is 2.79. The molecule has 0 spiro atoms. The van der Waals surface area contributed by atoms with Crippen LogP contribution < -0.4 is 5.32 Å². The Labute approximate surface area is 149 Å². The topological polar surface area (TPSA) is 55.4 Å². The van der Waals surface area contributed by atoms with Crippen molar-refractivity contribution in [3.63, 3.8) is 0 Å². The Hall–Kier alpha value is -2.62. The smallest absolute Gasteiger partial charge is 0.311 e. The molecule has 1 atom stereocenters.